The molecule has 0 aliphatic heterocycles. The number of rotatable bonds is 8. The Labute approximate surface area is 190 Å². The SMILES string of the molecule is O=[N+]([O-])c1ccc(/C=C\c2ccc(/C=C\c3ccc([N+](=O)[O-])cc3[N+](=O)[O-])cc2)c([N+](=O)[O-])c1. The van der Waals surface area contributed by atoms with Gasteiger partial charge < -0.3 is 0 Å². The van der Waals surface area contributed by atoms with Crippen LogP contribution in [0.4, 0.5) is 22.7 Å². The average molecular weight is 462 g/mol. The van der Waals surface area contributed by atoms with Crippen molar-refractivity contribution in [2.75, 3.05) is 0 Å². The molecule has 170 valence electrons. The summed E-state index contributed by atoms with van der Waals surface area (Å²) in [7, 11) is 0. The third-order valence-corrected chi connectivity index (χ3v) is 4.69. The van der Waals surface area contributed by atoms with Crippen LogP contribution >= 0.6 is 0 Å². The minimum Gasteiger partial charge on any atom is -0.258 e. The molecular weight excluding hydrogens is 448 g/mol. The van der Waals surface area contributed by atoms with Crippen LogP contribution in [-0.4, -0.2) is 19.7 Å². The third kappa shape index (κ3) is 5.50. The Hall–Kier alpha value is -5.26. The summed E-state index contributed by atoms with van der Waals surface area (Å²) in [6, 6.07) is 13.6. The fraction of sp³-hybridized carbons (Fsp3) is 0. The quantitative estimate of drug-likeness (QED) is 0.234. The predicted octanol–water partition coefficient (Wildman–Crippen LogP) is 5.66. The standard InChI is InChI=1S/C22H14N4O8/c27-23(28)19-11-9-17(21(13-19)25(31)32)7-5-15-1-2-16(4-3-15)6-8-18-10-12-20(24(29)30)14-22(18)26(33)34/h1-14H/b7-5-,8-6-. The monoisotopic (exact) mass is 462 g/mol. The summed E-state index contributed by atoms with van der Waals surface area (Å²) < 4.78 is 0. The molecule has 3 aromatic carbocycles. The summed E-state index contributed by atoms with van der Waals surface area (Å²) in [5, 5.41) is 44.1. The molecule has 0 spiro atoms. The van der Waals surface area contributed by atoms with Crippen LogP contribution in [-0.2, 0) is 0 Å². The molecule has 0 aliphatic rings. The zero-order chi connectivity index (χ0) is 24.8. The maximum absolute atomic E-state index is 11.2. The van der Waals surface area contributed by atoms with Crippen LogP contribution in [0.1, 0.15) is 22.3 Å². The first-order valence-corrected chi connectivity index (χ1v) is 9.47. The fourth-order valence-corrected chi connectivity index (χ4v) is 2.98. The summed E-state index contributed by atoms with van der Waals surface area (Å²) >= 11 is 0. The molecule has 0 unspecified atom stereocenters. The van der Waals surface area contributed by atoms with Crippen molar-refractivity contribution in [3.8, 4) is 0 Å². The molecule has 12 nitrogen and oxygen atoms in total. The van der Waals surface area contributed by atoms with E-state index < -0.39 is 31.1 Å². The molecule has 0 N–H and O–H groups in total. The smallest absolute Gasteiger partial charge is 0.258 e. The van der Waals surface area contributed by atoms with Crippen LogP contribution in [0.3, 0.4) is 0 Å². The van der Waals surface area contributed by atoms with Crippen LogP contribution in [0.15, 0.2) is 60.7 Å². The molecule has 0 amide bonds. The highest BCUT2D eigenvalue weighted by Gasteiger charge is 2.18. The second-order valence-corrected chi connectivity index (χ2v) is 6.85. The molecule has 12 heteroatoms. The van der Waals surface area contributed by atoms with E-state index >= 15 is 0 Å². The number of benzene rings is 3. The van der Waals surface area contributed by atoms with E-state index in [1.807, 2.05) is 0 Å². The van der Waals surface area contributed by atoms with E-state index in [0.29, 0.717) is 11.1 Å². The van der Waals surface area contributed by atoms with E-state index in [4.69, 9.17) is 0 Å². The summed E-state index contributed by atoms with van der Waals surface area (Å²) in [5.41, 5.74) is 0.221. The maximum Gasteiger partial charge on any atom is 0.283 e. The Balaban J connectivity index is 1.80. The van der Waals surface area contributed by atoms with Gasteiger partial charge in [0.2, 0.25) is 0 Å². The first kappa shape index (κ1) is 23.4. The zero-order valence-electron chi connectivity index (χ0n) is 17.1. The topological polar surface area (TPSA) is 173 Å². The van der Waals surface area contributed by atoms with E-state index in [1.54, 1.807) is 36.4 Å². The van der Waals surface area contributed by atoms with Crippen molar-refractivity contribution in [3.05, 3.63) is 123 Å². The largest absolute Gasteiger partial charge is 0.283 e. The summed E-state index contributed by atoms with van der Waals surface area (Å²) in [6.07, 6.45) is 6.13. The molecule has 3 aromatic rings. The normalized spacial score (nSPS) is 11.1. The van der Waals surface area contributed by atoms with Crippen LogP contribution in [0.2, 0.25) is 0 Å². The number of non-ortho nitro benzene ring substituents is 2. The summed E-state index contributed by atoms with van der Waals surface area (Å²) in [4.78, 5) is 41.3. The highest BCUT2D eigenvalue weighted by atomic mass is 16.6. The fourth-order valence-electron chi connectivity index (χ4n) is 2.98. The van der Waals surface area contributed by atoms with E-state index in [-0.39, 0.29) is 22.5 Å². The average Bonchev–Trinajstić information content (AvgIpc) is 2.81. The molecule has 0 aromatic heterocycles. The Morgan fingerprint density at radius 3 is 1.12 bits per heavy atom. The molecule has 0 atom stereocenters. The van der Waals surface area contributed by atoms with Gasteiger partial charge in [0.25, 0.3) is 22.7 Å². The molecule has 0 heterocycles. The minimum absolute atomic E-state index is 0.199. The lowest BCUT2D eigenvalue weighted by Crippen LogP contribution is -1.94. The molecule has 3 rings (SSSR count). The summed E-state index contributed by atoms with van der Waals surface area (Å²) in [5.74, 6) is 0. The van der Waals surface area contributed by atoms with Gasteiger partial charge in [-0.25, -0.2) is 0 Å². The van der Waals surface area contributed by atoms with Gasteiger partial charge in [0.1, 0.15) is 0 Å². The van der Waals surface area contributed by atoms with E-state index in [0.717, 1.165) is 12.1 Å². The van der Waals surface area contributed by atoms with Crippen LogP contribution in [0.25, 0.3) is 24.3 Å². The lowest BCUT2D eigenvalue weighted by molar-refractivity contribution is -0.394. The summed E-state index contributed by atoms with van der Waals surface area (Å²) in [6.45, 7) is 0. The van der Waals surface area contributed by atoms with Crippen LogP contribution < -0.4 is 0 Å². The Morgan fingerprint density at radius 2 is 0.824 bits per heavy atom. The van der Waals surface area contributed by atoms with Crippen molar-refractivity contribution < 1.29 is 19.7 Å². The van der Waals surface area contributed by atoms with Gasteiger partial charge in [-0.3, -0.25) is 40.5 Å². The maximum atomic E-state index is 11.2. The third-order valence-electron chi connectivity index (χ3n) is 4.69. The molecule has 0 saturated carbocycles. The molecule has 34 heavy (non-hydrogen) atoms. The number of nitro groups is 4. The van der Waals surface area contributed by atoms with E-state index in [9.17, 15) is 40.5 Å². The van der Waals surface area contributed by atoms with Gasteiger partial charge in [0.05, 0.1) is 43.0 Å². The Bertz CT molecular complexity index is 1260. The van der Waals surface area contributed by atoms with E-state index in [2.05, 4.69) is 0 Å². The van der Waals surface area contributed by atoms with Crippen molar-refractivity contribution in [2.24, 2.45) is 0 Å². The first-order valence-electron chi connectivity index (χ1n) is 9.47. The second kappa shape index (κ2) is 9.91. The lowest BCUT2D eigenvalue weighted by atomic mass is 10.1. The van der Waals surface area contributed by atoms with Crippen LogP contribution in [0.5, 0.6) is 0 Å². The lowest BCUT2D eigenvalue weighted by Gasteiger charge is -2.00. The van der Waals surface area contributed by atoms with Gasteiger partial charge >= 0.3 is 0 Å². The number of nitro benzene ring substituents is 4. The van der Waals surface area contributed by atoms with Gasteiger partial charge in [-0.2, -0.15) is 0 Å². The van der Waals surface area contributed by atoms with Gasteiger partial charge in [0, 0.05) is 12.1 Å². The van der Waals surface area contributed by atoms with Crippen molar-refractivity contribution in [1.82, 2.24) is 0 Å². The van der Waals surface area contributed by atoms with Crippen molar-refractivity contribution in [1.29, 1.82) is 0 Å². The number of hydrogen-bond acceptors (Lipinski definition) is 8. The number of hydrogen-bond donors (Lipinski definition) is 0. The molecule has 0 saturated heterocycles. The van der Waals surface area contributed by atoms with E-state index in [1.165, 1.54) is 36.4 Å². The minimum atomic E-state index is -0.710. The van der Waals surface area contributed by atoms with Gasteiger partial charge in [-0.1, -0.05) is 36.4 Å². The molecular formula is C22H14N4O8. The van der Waals surface area contributed by atoms with Gasteiger partial charge in [-0.15, -0.1) is 0 Å². The number of nitrogens with zero attached hydrogens (tertiary/aromatic N) is 4. The first-order chi connectivity index (χ1) is 16.2. The molecule has 0 aliphatic carbocycles. The van der Waals surface area contributed by atoms with Crippen molar-refractivity contribution in [3.63, 3.8) is 0 Å². The zero-order valence-corrected chi connectivity index (χ0v) is 17.1. The highest BCUT2D eigenvalue weighted by Crippen LogP contribution is 2.27. The van der Waals surface area contributed by atoms with Crippen molar-refractivity contribution in [2.45, 2.75) is 0 Å². The highest BCUT2D eigenvalue weighted by molar-refractivity contribution is 5.77. The second-order valence-electron chi connectivity index (χ2n) is 6.85. The van der Waals surface area contributed by atoms with Crippen molar-refractivity contribution >= 4 is 47.1 Å². The molecule has 0 bridgehead atoms. The van der Waals surface area contributed by atoms with Gasteiger partial charge in [-0.05, 0) is 35.4 Å². The predicted molar refractivity (Wildman–Crippen MR) is 124 cm³/mol. The van der Waals surface area contributed by atoms with Gasteiger partial charge in [0.15, 0.2) is 0 Å². The molecule has 0 fully saturated rings. The van der Waals surface area contributed by atoms with Crippen LogP contribution in [0, 0.1) is 40.5 Å². The Kier molecular flexibility index (Phi) is 6.82. The molecule has 0 radical (unpaired) electrons. The Morgan fingerprint density at radius 1 is 0.471 bits per heavy atom.